The molecule has 2 N–H and O–H groups in total. The van der Waals surface area contributed by atoms with Crippen LogP contribution in [0.4, 0.5) is 17.5 Å². The lowest BCUT2D eigenvalue weighted by molar-refractivity contribution is 0.505. The summed E-state index contributed by atoms with van der Waals surface area (Å²) >= 11 is 0. The number of anilines is 3. The van der Waals surface area contributed by atoms with E-state index in [1.54, 1.807) is 17.1 Å². The second-order valence-corrected chi connectivity index (χ2v) is 8.06. The minimum atomic E-state index is 0.327. The van der Waals surface area contributed by atoms with Gasteiger partial charge in [0.25, 0.3) is 0 Å². The Labute approximate surface area is 176 Å². The van der Waals surface area contributed by atoms with Crippen molar-refractivity contribution in [3.8, 4) is 11.1 Å². The number of hydrogen-bond donors (Lipinski definition) is 2. The molecule has 0 radical (unpaired) electrons. The van der Waals surface area contributed by atoms with Crippen LogP contribution in [-0.2, 0) is 7.05 Å². The molecule has 4 aromatic heterocycles. The van der Waals surface area contributed by atoms with Gasteiger partial charge in [-0.1, -0.05) is 20.8 Å². The number of fused-ring (bicyclic) bond motifs is 1. The van der Waals surface area contributed by atoms with Gasteiger partial charge in [0.2, 0.25) is 0 Å². The molecule has 0 aliphatic rings. The van der Waals surface area contributed by atoms with Gasteiger partial charge in [-0.2, -0.15) is 5.10 Å². The lowest BCUT2D eigenvalue weighted by Crippen LogP contribution is -2.07. The molecule has 0 saturated heterocycles. The fourth-order valence-electron chi connectivity index (χ4n) is 3.83. The first-order valence-corrected chi connectivity index (χ1v) is 10.2. The van der Waals surface area contributed by atoms with E-state index in [0.29, 0.717) is 11.8 Å². The number of aromatic nitrogens is 6. The van der Waals surface area contributed by atoms with Crippen LogP contribution in [0.15, 0.2) is 42.7 Å². The zero-order valence-electron chi connectivity index (χ0n) is 18.1. The lowest BCUT2D eigenvalue weighted by atomic mass is 9.98. The lowest BCUT2D eigenvalue weighted by Gasteiger charge is -2.15. The van der Waals surface area contributed by atoms with Crippen LogP contribution in [-0.4, -0.2) is 36.4 Å². The molecule has 0 aromatic carbocycles. The average Bonchev–Trinajstić information content (AvgIpc) is 3.33. The molecule has 4 heterocycles. The van der Waals surface area contributed by atoms with E-state index >= 15 is 0 Å². The molecule has 0 fully saturated rings. The van der Waals surface area contributed by atoms with Crippen LogP contribution in [0.5, 0.6) is 0 Å². The standard InChI is InChI=1S/C22H28N8/c1-14(2)10-15(3)22-28-27-21-13-17(12-20(23-4)30(21)22)16-6-8-24-18(11-16)26-19-7-9-25-29(19)5/h6-9,11-15,23H,10H2,1-5H3,(H,24,26)/t15-/m1/s1. The third-order valence-electron chi connectivity index (χ3n) is 5.22. The molecule has 0 bridgehead atoms. The molecule has 30 heavy (non-hydrogen) atoms. The van der Waals surface area contributed by atoms with E-state index in [9.17, 15) is 0 Å². The monoisotopic (exact) mass is 404 g/mol. The Kier molecular flexibility index (Phi) is 5.39. The normalized spacial score (nSPS) is 12.5. The van der Waals surface area contributed by atoms with E-state index in [4.69, 9.17) is 0 Å². The summed E-state index contributed by atoms with van der Waals surface area (Å²) in [7, 11) is 3.82. The van der Waals surface area contributed by atoms with Crippen LogP contribution in [0.3, 0.4) is 0 Å². The SMILES string of the molecule is CNc1cc(-c2ccnc(Nc3ccnn3C)c2)cc2nnc([C@H](C)CC(C)C)n12. The summed E-state index contributed by atoms with van der Waals surface area (Å²) in [4.78, 5) is 4.44. The Morgan fingerprint density at radius 1 is 0.967 bits per heavy atom. The second-order valence-electron chi connectivity index (χ2n) is 8.06. The Balaban J connectivity index is 1.72. The molecule has 8 heteroatoms. The maximum atomic E-state index is 4.51. The van der Waals surface area contributed by atoms with Gasteiger partial charge in [-0.3, -0.25) is 9.08 Å². The molecule has 0 spiro atoms. The van der Waals surface area contributed by atoms with Crippen molar-refractivity contribution in [2.75, 3.05) is 17.7 Å². The van der Waals surface area contributed by atoms with Crippen molar-refractivity contribution in [2.45, 2.75) is 33.1 Å². The first kappa shape index (κ1) is 19.9. The summed E-state index contributed by atoms with van der Waals surface area (Å²) in [5.41, 5.74) is 2.94. The number of aryl methyl sites for hydroxylation is 1. The summed E-state index contributed by atoms with van der Waals surface area (Å²) in [6.07, 6.45) is 4.62. The summed E-state index contributed by atoms with van der Waals surface area (Å²) in [5, 5.41) is 19.8. The first-order valence-electron chi connectivity index (χ1n) is 10.2. The van der Waals surface area contributed by atoms with Crippen molar-refractivity contribution in [3.05, 3.63) is 48.5 Å². The highest BCUT2D eigenvalue weighted by atomic mass is 15.3. The Bertz CT molecular complexity index is 1160. The van der Waals surface area contributed by atoms with Gasteiger partial charge in [-0.15, -0.1) is 10.2 Å². The van der Waals surface area contributed by atoms with Gasteiger partial charge < -0.3 is 10.6 Å². The highest BCUT2D eigenvalue weighted by Crippen LogP contribution is 2.30. The number of nitrogens with one attached hydrogen (secondary N) is 2. The molecule has 0 amide bonds. The van der Waals surface area contributed by atoms with Gasteiger partial charge in [0.05, 0.1) is 6.20 Å². The molecular formula is C22H28N8. The molecule has 0 saturated carbocycles. The van der Waals surface area contributed by atoms with E-state index in [1.807, 2.05) is 32.3 Å². The molecule has 0 aliphatic heterocycles. The second kappa shape index (κ2) is 8.14. The highest BCUT2D eigenvalue weighted by molar-refractivity contribution is 5.74. The van der Waals surface area contributed by atoms with Crippen LogP contribution in [0, 0.1) is 5.92 Å². The minimum absolute atomic E-state index is 0.327. The van der Waals surface area contributed by atoms with Gasteiger partial charge in [0.1, 0.15) is 23.3 Å². The predicted molar refractivity (Wildman–Crippen MR) is 120 cm³/mol. The van der Waals surface area contributed by atoms with Gasteiger partial charge >= 0.3 is 0 Å². The quantitative estimate of drug-likeness (QED) is 0.473. The Hall–Kier alpha value is -3.42. The van der Waals surface area contributed by atoms with Gasteiger partial charge in [-0.05, 0) is 47.7 Å². The Morgan fingerprint density at radius 2 is 1.80 bits per heavy atom. The van der Waals surface area contributed by atoms with Crippen molar-refractivity contribution in [2.24, 2.45) is 13.0 Å². The van der Waals surface area contributed by atoms with Crippen LogP contribution in [0.25, 0.3) is 16.8 Å². The molecule has 0 unspecified atom stereocenters. The smallest absolute Gasteiger partial charge is 0.163 e. The fourth-order valence-corrected chi connectivity index (χ4v) is 3.83. The largest absolute Gasteiger partial charge is 0.374 e. The fraction of sp³-hybridized carbons (Fsp3) is 0.364. The first-order chi connectivity index (χ1) is 14.5. The summed E-state index contributed by atoms with van der Waals surface area (Å²) < 4.78 is 3.89. The van der Waals surface area contributed by atoms with Gasteiger partial charge in [0.15, 0.2) is 5.65 Å². The van der Waals surface area contributed by atoms with Crippen LogP contribution < -0.4 is 10.6 Å². The Morgan fingerprint density at radius 3 is 2.50 bits per heavy atom. The summed E-state index contributed by atoms with van der Waals surface area (Å²) in [6, 6.07) is 10.1. The zero-order valence-corrected chi connectivity index (χ0v) is 18.1. The van der Waals surface area contributed by atoms with Gasteiger partial charge in [-0.25, -0.2) is 4.98 Å². The van der Waals surface area contributed by atoms with Crippen molar-refractivity contribution in [1.82, 2.24) is 29.4 Å². The minimum Gasteiger partial charge on any atom is -0.374 e. The van der Waals surface area contributed by atoms with Crippen LogP contribution in [0.2, 0.25) is 0 Å². The van der Waals surface area contributed by atoms with E-state index in [0.717, 1.165) is 46.5 Å². The summed E-state index contributed by atoms with van der Waals surface area (Å²) in [6.45, 7) is 6.68. The average molecular weight is 405 g/mol. The number of pyridine rings is 2. The molecule has 8 nitrogen and oxygen atoms in total. The van der Waals surface area contributed by atoms with E-state index < -0.39 is 0 Å². The molecular weight excluding hydrogens is 376 g/mol. The molecule has 0 aliphatic carbocycles. The van der Waals surface area contributed by atoms with Crippen molar-refractivity contribution in [1.29, 1.82) is 0 Å². The van der Waals surface area contributed by atoms with Crippen LogP contribution in [0.1, 0.15) is 38.9 Å². The van der Waals surface area contributed by atoms with E-state index in [2.05, 4.69) is 68.2 Å². The molecule has 1 atom stereocenters. The third-order valence-corrected chi connectivity index (χ3v) is 5.22. The molecule has 4 aromatic rings. The maximum absolute atomic E-state index is 4.51. The van der Waals surface area contributed by atoms with Crippen LogP contribution >= 0.6 is 0 Å². The van der Waals surface area contributed by atoms with E-state index in [-0.39, 0.29) is 0 Å². The van der Waals surface area contributed by atoms with Crippen molar-refractivity contribution in [3.63, 3.8) is 0 Å². The molecule has 156 valence electrons. The number of rotatable bonds is 7. The highest BCUT2D eigenvalue weighted by Gasteiger charge is 2.18. The van der Waals surface area contributed by atoms with E-state index in [1.165, 1.54) is 0 Å². The maximum Gasteiger partial charge on any atom is 0.163 e. The number of hydrogen-bond acceptors (Lipinski definition) is 6. The molecule has 4 rings (SSSR count). The van der Waals surface area contributed by atoms with Gasteiger partial charge in [0, 0.05) is 32.3 Å². The van der Waals surface area contributed by atoms with Crippen molar-refractivity contribution < 1.29 is 0 Å². The summed E-state index contributed by atoms with van der Waals surface area (Å²) in [5.74, 6) is 4.53. The van der Waals surface area contributed by atoms with Crippen molar-refractivity contribution >= 4 is 23.1 Å². The zero-order chi connectivity index (χ0) is 21.3. The predicted octanol–water partition coefficient (Wildman–Crippen LogP) is 4.46. The number of nitrogens with zero attached hydrogens (tertiary/aromatic N) is 6. The third kappa shape index (κ3) is 3.85. The topological polar surface area (TPSA) is 85.0 Å².